The average molecular weight is 328 g/mol. The van der Waals surface area contributed by atoms with Gasteiger partial charge in [-0.2, -0.15) is 5.10 Å². The Morgan fingerprint density at radius 1 is 1.50 bits per heavy atom. The monoisotopic (exact) mass is 326 g/mol. The van der Waals surface area contributed by atoms with Gasteiger partial charge in [0.1, 0.15) is 0 Å². The second-order valence-corrected chi connectivity index (χ2v) is 5.36. The fourth-order valence-corrected chi connectivity index (χ4v) is 2.34. The lowest BCUT2D eigenvalue weighted by atomic mass is 10.0. The highest BCUT2D eigenvalue weighted by atomic mass is 79.9. The van der Waals surface area contributed by atoms with Crippen molar-refractivity contribution in [1.82, 2.24) is 9.78 Å². The van der Waals surface area contributed by atoms with Gasteiger partial charge in [-0.3, -0.25) is 9.48 Å². The predicted molar refractivity (Wildman–Crippen MR) is 75.0 cm³/mol. The number of halogens is 2. The fourth-order valence-electron chi connectivity index (χ4n) is 1.70. The minimum Gasteiger partial charge on any atom is -0.294 e. The van der Waals surface area contributed by atoms with Crippen molar-refractivity contribution >= 4 is 33.3 Å². The Balaban J connectivity index is 2.05. The van der Waals surface area contributed by atoms with Gasteiger partial charge in [-0.1, -0.05) is 27.5 Å². The van der Waals surface area contributed by atoms with E-state index in [0.717, 1.165) is 10.0 Å². The Hall–Kier alpha value is -1.13. The van der Waals surface area contributed by atoms with Crippen LogP contribution in [0.5, 0.6) is 0 Å². The number of hydrogen-bond donors (Lipinski definition) is 0. The van der Waals surface area contributed by atoms with Gasteiger partial charge in [0, 0.05) is 34.7 Å². The molecular formula is C13H12BrClN2O. The first kappa shape index (κ1) is 13.3. The number of aromatic nitrogens is 2. The van der Waals surface area contributed by atoms with Crippen molar-refractivity contribution in [3.63, 3.8) is 0 Å². The quantitative estimate of drug-likeness (QED) is 0.803. The van der Waals surface area contributed by atoms with Gasteiger partial charge in [-0.25, -0.2) is 0 Å². The van der Waals surface area contributed by atoms with Crippen LogP contribution in [0.3, 0.4) is 0 Å². The summed E-state index contributed by atoms with van der Waals surface area (Å²) in [6.07, 6.45) is 4.83. The van der Waals surface area contributed by atoms with Crippen LogP contribution < -0.4 is 0 Å². The minimum atomic E-state index is 0.0771. The summed E-state index contributed by atoms with van der Waals surface area (Å²) in [5.74, 6) is 0.0771. The normalized spacial score (nSPS) is 10.6. The minimum absolute atomic E-state index is 0.0771. The lowest BCUT2D eigenvalue weighted by Gasteiger charge is -2.03. The van der Waals surface area contributed by atoms with Gasteiger partial charge in [0.15, 0.2) is 5.78 Å². The first-order chi connectivity index (χ1) is 8.56. The molecule has 1 aromatic heterocycles. The Kier molecular flexibility index (Phi) is 4.19. The van der Waals surface area contributed by atoms with Crippen LogP contribution in [0.4, 0.5) is 0 Å². The van der Waals surface area contributed by atoms with Crippen molar-refractivity contribution in [2.24, 2.45) is 7.05 Å². The third-order valence-electron chi connectivity index (χ3n) is 2.63. The molecule has 3 nitrogen and oxygen atoms in total. The Morgan fingerprint density at radius 2 is 2.28 bits per heavy atom. The smallest absolute Gasteiger partial charge is 0.164 e. The van der Waals surface area contributed by atoms with Crippen LogP contribution in [-0.4, -0.2) is 15.6 Å². The van der Waals surface area contributed by atoms with Gasteiger partial charge < -0.3 is 0 Å². The molecule has 0 N–H and O–H groups in total. The topological polar surface area (TPSA) is 34.9 Å². The van der Waals surface area contributed by atoms with Gasteiger partial charge in [0.2, 0.25) is 0 Å². The Morgan fingerprint density at radius 3 is 2.94 bits per heavy atom. The molecule has 0 unspecified atom stereocenters. The van der Waals surface area contributed by atoms with E-state index in [0.29, 0.717) is 23.4 Å². The highest BCUT2D eigenvalue weighted by molar-refractivity contribution is 9.10. The number of carbonyl (C=O) groups is 1. The van der Waals surface area contributed by atoms with E-state index in [2.05, 4.69) is 21.0 Å². The first-order valence-corrected chi connectivity index (χ1v) is 6.69. The van der Waals surface area contributed by atoms with Gasteiger partial charge >= 0.3 is 0 Å². The largest absolute Gasteiger partial charge is 0.294 e. The zero-order valence-electron chi connectivity index (χ0n) is 9.86. The maximum absolute atomic E-state index is 12.1. The van der Waals surface area contributed by atoms with Crippen LogP contribution in [0.2, 0.25) is 5.02 Å². The lowest BCUT2D eigenvalue weighted by Crippen LogP contribution is -2.02. The molecule has 0 aliphatic rings. The van der Waals surface area contributed by atoms with Crippen molar-refractivity contribution in [3.8, 4) is 0 Å². The van der Waals surface area contributed by atoms with Crippen molar-refractivity contribution in [3.05, 3.63) is 51.2 Å². The number of Topliss-reactive ketones (excluding diaryl/α,β-unsaturated/α-hetero) is 1. The summed E-state index contributed by atoms with van der Waals surface area (Å²) in [7, 11) is 1.86. The van der Waals surface area contributed by atoms with Crippen molar-refractivity contribution < 1.29 is 4.79 Å². The van der Waals surface area contributed by atoms with Crippen LogP contribution in [-0.2, 0) is 13.5 Å². The average Bonchev–Trinajstić information content (AvgIpc) is 2.75. The van der Waals surface area contributed by atoms with E-state index >= 15 is 0 Å². The summed E-state index contributed by atoms with van der Waals surface area (Å²) in [5.41, 5.74) is 1.69. The molecule has 0 saturated heterocycles. The summed E-state index contributed by atoms with van der Waals surface area (Å²) < 4.78 is 2.51. The number of carbonyl (C=O) groups excluding carboxylic acids is 1. The molecular weight excluding hydrogens is 316 g/mol. The summed E-state index contributed by atoms with van der Waals surface area (Å²) >= 11 is 9.26. The number of nitrogens with zero attached hydrogens (tertiary/aromatic N) is 2. The van der Waals surface area contributed by atoms with Crippen LogP contribution in [0.1, 0.15) is 22.3 Å². The highest BCUT2D eigenvalue weighted by Crippen LogP contribution is 2.22. The van der Waals surface area contributed by atoms with Crippen LogP contribution in [0.25, 0.3) is 0 Å². The molecule has 2 rings (SSSR count). The Labute approximate surface area is 119 Å². The van der Waals surface area contributed by atoms with Gasteiger partial charge in [-0.15, -0.1) is 0 Å². The summed E-state index contributed by atoms with van der Waals surface area (Å²) in [6.45, 7) is 0. The molecule has 2 aromatic rings. The molecule has 5 heteroatoms. The highest BCUT2D eigenvalue weighted by Gasteiger charge is 2.11. The van der Waals surface area contributed by atoms with Crippen molar-refractivity contribution in [2.75, 3.05) is 0 Å². The molecule has 0 spiro atoms. The Bertz CT molecular complexity index is 580. The number of benzene rings is 1. The van der Waals surface area contributed by atoms with E-state index in [9.17, 15) is 4.79 Å². The standard InChI is InChI=1S/C13H12BrClN2O/c1-17-8-9(7-16-17)2-5-13(18)11-6-10(15)3-4-12(11)14/h3-4,6-8H,2,5H2,1H3. The van der Waals surface area contributed by atoms with Gasteiger partial charge in [0.25, 0.3) is 0 Å². The van der Waals surface area contributed by atoms with Crippen LogP contribution in [0, 0.1) is 0 Å². The van der Waals surface area contributed by atoms with E-state index in [1.807, 2.05) is 13.2 Å². The van der Waals surface area contributed by atoms with Crippen LogP contribution >= 0.6 is 27.5 Å². The fraction of sp³-hybridized carbons (Fsp3) is 0.231. The summed E-state index contributed by atoms with van der Waals surface area (Å²) in [5, 5.41) is 4.65. The first-order valence-electron chi connectivity index (χ1n) is 5.52. The molecule has 0 amide bonds. The lowest BCUT2D eigenvalue weighted by molar-refractivity contribution is 0.0982. The maximum Gasteiger partial charge on any atom is 0.164 e. The second kappa shape index (κ2) is 5.67. The summed E-state index contributed by atoms with van der Waals surface area (Å²) in [6, 6.07) is 5.24. The molecule has 1 heterocycles. The van der Waals surface area contributed by atoms with E-state index in [4.69, 9.17) is 11.6 Å². The maximum atomic E-state index is 12.1. The predicted octanol–water partition coefficient (Wildman–Crippen LogP) is 3.65. The summed E-state index contributed by atoms with van der Waals surface area (Å²) in [4.78, 5) is 12.1. The molecule has 94 valence electrons. The molecule has 0 aliphatic carbocycles. The third kappa shape index (κ3) is 3.21. The molecule has 18 heavy (non-hydrogen) atoms. The third-order valence-corrected chi connectivity index (χ3v) is 3.55. The SMILES string of the molecule is Cn1cc(CCC(=O)c2cc(Cl)ccc2Br)cn1. The molecule has 0 fully saturated rings. The van der Waals surface area contributed by atoms with Crippen LogP contribution in [0.15, 0.2) is 35.1 Å². The molecule has 0 saturated carbocycles. The van der Waals surface area contributed by atoms with Gasteiger partial charge in [-0.05, 0) is 30.2 Å². The van der Waals surface area contributed by atoms with E-state index in [-0.39, 0.29) is 5.78 Å². The number of aryl methyl sites for hydroxylation is 2. The zero-order chi connectivity index (χ0) is 13.1. The van der Waals surface area contributed by atoms with Gasteiger partial charge in [0.05, 0.1) is 6.20 Å². The molecule has 1 aromatic carbocycles. The number of rotatable bonds is 4. The van der Waals surface area contributed by atoms with E-state index < -0.39 is 0 Å². The molecule has 0 aliphatic heterocycles. The van der Waals surface area contributed by atoms with Crippen molar-refractivity contribution in [2.45, 2.75) is 12.8 Å². The number of ketones is 1. The molecule has 0 radical (unpaired) electrons. The number of hydrogen-bond acceptors (Lipinski definition) is 2. The zero-order valence-corrected chi connectivity index (χ0v) is 12.2. The second-order valence-electron chi connectivity index (χ2n) is 4.07. The molecule has 0 bridgehead atoms. The molecule has 0 atom stereocenters. The van der Waals surface area contributed by atoms with Crippen molar-refractivity contribution in [1.29, 1.82) is 0 Å². The van der Waals surface area contributed by atoms with E-state index in [1.54, 1.807) is 29.1 Å². The van der Waals surface area contributed by atoms with E-state index in [1.165, 1.54) is 0 Å².